The molecule has 0 atom stereocenters. The SMILES string of the molecule is CCc1cn(-c2ccc(F)c(F)c2)nc(C(=O)O)c1=O. The third kappa shape index (κ3) is 2.42. The van der Waals surface area contributed by atoms with Crippen LogP contribution in [0, 0.1) is 11.6 Å². The molecular weight excluding hydrogens is 270 g/mol. The van der Waals surface area contributed by atoms with Gasteiger partial charge in [-0.1, -0.05) is 6.92 Å². The smallest absolute Gasteiger partial charge is 0.360 e. The predicted molar refractivity (Wildman–Crippen MR) is 66.1 cm³/mol. The molecule has 0 fully saturated rings. The van der Waals surface area contributed by atoms with Crippen molar-refractivity contribution < 1.29 is 18.7 Å². The first-order valence-corrected chi connectivity index (χ1v) is 5.75. The fourth-order valence-corrected chi connectivity index (χ4v) is 1.69. The van der Waals surface area contributed by atoms with Gasteiger partial charge in [0.2, 0.25) is 11.1 Å². The summed E-state index contributed by atoms with van der Waals surface area (Å²) in [5.74, 6) is -3.58. The molecule has 20 heavy (non-hydrogen) atoms. The van der Waals surface area contributed by atoms with Crippen molar-refractivity contribution in [1.29, 1.82) is 0 Å². The van der Waals surface area contributed by atoms with Crippen molar-refractivity contribution in [1.82, 2.24) is 9.78 Å². The highest BCUT2D eigenvalue weighted by atomic mass is 19.2. The van der Waals surface area contributed by atoms with Gasteiger partial charge in [0.25, 0.3) is 0 Å². The van der Waals surface area contributed by atoms with Crippen LogP contribution >= 0.6 is 0 Å². The highest BCUT2D eigenvalue weighted by Gasteiger charge is 2.16. The topological polar surface area (TPSA) is 72.2 Å². The molecule has 1 aromatic carbocycles. The number of rotatable bonds is 3. The molecule has 1 N–H and O–H groups in total. The summed E-state index contributed by atoms with van der Waals surface area (Å²) in [5.41, 5.74) is -0.990. The Morgan fingerprint density at radius 2 is 2.05 bits per heavy atom. The van der Waals surface area contributed by atoms with Gasteiger partial charge in [0.05, 0.1) is 5.69 Å². The molecule has 5 nitrogen and oxygen atoms in total. The van der Waals surface area contributed by atoms with Crippen molar-refractivity contribution >= 4 is 5.97 Å². The molecule has 1 heterocycles. The maximum atomic E-state index is 13.2. The molecule has 2 rings (SSSR count). The molecule has 0 aliphatic heterocycles. The van der Waals surface area contributed by atoms with E-state index in [1.165, 1.54) is 12.3 Å². The molecule has 0 aliphatic carbocycles. The van der Waals surface area contributed by atoms with Crippen LogP contribution in [0.25, 0.3) is 5.69 Å². The van der Waals surface area contributed by atoms with E-state index in [0.717, 1.165) is 16.8 Å². The normalized spacial score (nSPS) is 10.6. The molecule has 0 saturated heterocycles. The van der Waals surface area contributed by atoms with Crippen molar-refractivity contribution in [3.63, 3.8) is 0 Å². The summed E-state index contributed by atoms with van der Waals surface area (Å²) < 4.78 is 27.1. The van der Waals surface area contributed by atoms with Crippen molar-refractivity contribution in [3.05, 3.63) is 57.5 Å². The van der Waals surface area contributed by atoms with E-state index in [1.54, 1.807) is 6.92 Å². The minimum absolute atomic E-state index is 0.126. The van der Waals surface area contributed by atoms with Crippen molar-refractivity contribution in [2.24, 2.45) is 0 Å². The molecule has 0 radical (unpaired) electrons. The minimum Gasteiger partial charge on any atom is -0.476 e. The lowest BCUT2D eigenvalue weighted by atomic mass is 10.2. The Morgan fingerprint density at radius 1 is 1.35 bits per heavy atom. The number of carboxylic acid groups (broad SMARTS) is 1. The average Bonchev–Trinajstić information content (AvgIpc) is 2.42. The second-order valence-corrected chi connectivity index (χ2v) is 4.03. The number of hydrogen-bond donors (Lipinski definition) is 1. The highest BCUT2D eigenvalue weighted by molar-refractivity contribution is 5.85. The van der Waals surface area contributed by atoms with Gasteiger partial charge in [-0.3, -0.25) is 4.79 Å². The quantitative estimate of drug-likeness (QED) is 0.930. The summed E-state index contributed by atoms with van der Waals surface area (Å²) in [6.07, 6.45) is 1.60. The van der Waals surface area contributed by atoms with Gasteiger partial charge in [-0.25, -0.2) is 18.3 Å². The minimum atomic E-state index is -1.47. The van der Waals surface area contributed by atoms with Gasteiger partial charge in [-0.15, -0.1) is 0 Å². The number of carbonyl (C=O) groups is 1. The fourth-order valence-electron chi connectivity index (χ4n) is 1.69. The van der Waals surface area contributed by atoms with Crippen LogP contribution in [0.15, 0.2) is 29.2 Å². The zero-order valence-corrected chi connectivity index (χ0v) is 10.4. The van der Waals surface area contributed by atoms with Gasteiger partial charge >= 0.3 is 5.97 Å². The molecule has 0 saturated carbocycles. The predicted octanol–water partition coefficient (Wildman–Crippen LogP) is 1.77. The van der Waals surface area contributed by atoms with Crippen LogP contribution in [0.3, 0.4) is 0 Å². The van der Waals surface area contributed by atoms with Crippen LogP contribution in [0.5, 0.6) is 0 Å². The Morgan fingerprint density at radius 3 is 2.60 bits per heavy atom. The van der Waals surface area contributed by atoms with E-state index in [0.29, 0.717) is 6.42 Å². The van der Waals surface area contributed by atoms with Crippen LogP contribution in [0.1, 0.15) is 23.0 Å². The summed E-state index contributed by atoms with van der Waals surface area (Å²) in [4.78, 5) is 22.7. The van der Waals surface area contributed by atoms with E-state index in [-0.39, 0.29) is 11.3 Å². The number of halogens is 2. The summed E-state index contributed by atoms with van der Waals surface area (Å²) in [6, 6.07) is 3.01. The summed E-state index contributed by atoms with van der Waals surface area (Å²) >= 11 is 0. The first-order valence-electron chi connectivity index (χ1n) is 5.75. The van der Waals surface area contributed by atoms with Crippen LogP contribution < -0.4 is 5.43 Å². The molecule has 0 spiro atoms. The monoisotopic (exact) mass is 280 g/mol. The van der Waals surface area contributed by atoms with Crippen LogP contribution in [0.4, 0.5) is 8.78 Å². The van der Waals surface area contributed by atoms with E-state index in [9.17, 15) is 18.4 Å². The van der Waals surface area contributed by atoms with E-state index >= 15 is 0 Å². The van der Waals surface area contributed by atoms with Gasteiger partial charge < -0.3 is 5.11 Å². The van der Waals surface area contributed by atoms with Crippen LogP contribution in [-0.2, 0) is 6.42 Å². The van der Waals surface area contributed by atoms with Gasteiger partial charge in [0, 0.05) is 17.8 Å². The number of aromatic nitrogens is 2. The van der Waals surface area contributed by atoms with E-state index in [2.05, 4.69) is 5.10 Å². The van der Waals surface area contributed by atoms with Gasteiger partial charge in [0.15, 0.2) is 11.6 Å². The maximum Gasteiger partial charge on any atom is 0.360 e. The second kappa shape index (κ2) is 5.20. The summed E-state index contributed by atoms with van der Waals surface area (Å²) in [5, 5.41) is 12.6. The number of benzene rings is 1. The van der Waals surface area contributed by atoms with Crippen molar-refractivity contribution in [2.75, 3.05) is 0 Å². The van der Waals surface area contributed by atoms with Crippen molar-refractivity contribution in [3.8, 4) is 5.69 Å². The zero-order chi connectivity index (χ0) is 14.9. The molecule has 1 aromatic heterocycles. The average molecular weight is 280 g/mol. The number of aromatic carboxylic acids is 1. The van der Waals surface area contributed by atoms with Gasteiger partial charge in [0.1, 0.15) is 0 Å². The highest BCUT2D eigenvalue weighted by Crippen LogP contribution is 2.12. The summed E-state index contributed by atoms with van der Waals surface area (Å²) in [7, 11) is 0. The Hall–Kier alpha value is -2.57. The van der Waals surface area contributed by atoms with Gasteiger partial charge in [-0.05, 0) is 18.6 Å². The standard InChI is InChI=1S/C13H10F2N2O3/c1-2-7-6-17(16-11(12(7)18)13(19)20)8-3-4-9(14)10(15)5-8/h3-6H,2H2,1H3,(H,19,20). The molecule has 0 bridgehead atoms. The molecule has 104 valence electrons. The fraction of sp³-hybridized carbons (Fsp3) is 0.154. The molecule has 0 unspecified atom stereocenters. The Kier molecular flexibility index (Phi) is 3.60. The summed E-state index contributed by atoms with van der Waals surface area (Å²) in [6.45, 7) is 1.68. The van der Waals surface area contributed by atoms with Gasteiger partial charge in [-0.2, -0.15) is 5.10 Å². The molecule has 2 aromatic rings. The Balaban J connectivity index is 2.68. The molecular formula is C13H10F2N2O3. The van der Waals surface area contributed by atoms with Crippen LogP contribution in [-0.4, -0.2) is 20.9 Å². The lowest BCUT2D eigenvalue weighted by Gasteiger charge is -2.08. The first kappa shape index (κ1) is 13.9. The first-order chi connectivity index (χ1) is 9.43. The van der Waals surface area contributed by atoms with Crippen molar-refractivity contribution in [2.45, 2.75) is 13.3 Å². The van der Waals surface area contributed by atoms with Crippen LogP contribution in [0.2, 0.25) is 0 Å². The lowest BCUT2D eigenvalue weighted by Crippen LogP contribution is -2.24. The van der Waals surface area contributed by atoms with E-state index in [1.807, 2.05) is 0 Å². The number of carboxylic acids is 1. The number of nitrogens with zero attached hydrogens (tertiary/aromatic N) is 2. The third-order valence-corrected chi connectivity index (χ3v) is 2.74. The molecule has 7 heteroatoms. The maximum absolute atomic E-state index is 13.2. The van der Waals surface area contributed by atoms with E-state index < -0.39 is 28.7 Å². The molecule has 0 aliphatic rings. The largest absolute Gasteiger partial charge is 0.476 e. The third-order valence-electron chi connectivity index (χ3n) is 2.74. The lowest BCUT2D eigenvalue weighted by molar-refractivity contribution is 0.0686. The Labute approximate surface area is 112 Å². The number of hydrogen-bond acceptors (Lipinski definition) is 3. The zero-order valence-electron chi connectivity index (χ0n) is 10.4. The Bertz CT molecular complexity index is 741. The van der Waals surface area contributed by atoms with E-state index in [4.69, 9.17) is 5.11 Å². The molecule has 0 amide bonds. The number of aryl methyl sites for hydroxylation is 1. The second-order valence-electron chi connectivity index (χ2n) is 4.03.